The van der Waals surface area contributed by atoms with E-state index in [1.807, 2.05) is 26.1 Å². The van der Waals surface area contributed by atoms with Gasteiger partial charge in [0.25, 0.3) is 11.8 Å². The molecule has 0 fully saturated rings. The molecule has 0 bridgehead atoms. The molecule has 0 saturated carbocycles. The van der Waals surface area contributed by atoms with Crippen LogP contribution < -0.4 is 16.0 Å². The Hall–Kier alpha value is -4.47. The van der Waals surface area contributed by atoms with Gasteiger partial charge in [-0.05, 0) is 73.7 Å². The first-order valence-electron chi connectivity index (χ1n) is 13.6. The highest BCUT2D eigenvalue weighted by molar-refractivity contribution is 6.34. The highest BCUT2D eigenvalue weighted by Crippen LogP contribution is 2.34. The molecular formula is C30H33FN6O3. The summed E-state index contributed by atoms with van der Waals surface area (Å²) in [7, 11) is 0. The Morgan fingerprint density at radius 3 is 2.58 bits per heavy atom. The highest BCUT2D eigenvalue weighted by Gasteiger charge is 2.26. The van der Waals surface area contributed by atoms with Crippen molar-refractivity contribution in [3.63, 3.8) is 0 Å². The van der Waals surface area contributed by atoms with Gasteiger partial charge in [-0.15, -0.1) is 0 Å². The van der Waals surface area contributed by atoms with E-state index in [0.29, 0.717) is 60.0 Å². The normalized spacial score (nSPS) is 14.7. The van der Waals surface area contributed by atoms with E-state index in [1.54, 1.807) is 17.2 Å². The minimum Gasteiger partial charge on any atom is -0.358 e. The van der Waals surface area contributed by atoms with Crippen LogP contribution in [0.1, 0.15) is 69.7 Å². The second-order valence-electron chi connectivity index (χ2n) is 10.3. The van der Waals surface area contributed by atoms with Gasteiger partial charge in [-0.3, -0.25) is 14.6 Å². The molecule has 0 aliphatic carbocycles. The van der Waals surface area contributed by atoms with E-state index in [4.69, 9.17) is 0 Å². The number of carbonyl (C=O) groups excluding carboxylic acids is 3. The van der Waals surface area contributed by atoms with Crippen LogP contribution >= 0.6 is 0 Å². The molecule has 3 aromatic rings. The van der Waals surface area contributed by atoms with Crippen LogP contribution in [0.25, 0.3) is 11.6 Å². The van der Waals surface area contributed by atoms with Crippen LogP contribution in [-0.4, -0.2) is 45.8 Å². The number of unbranched alkanes of at least 4 members (excludes halogenated alkanes) is 3. The topological polar surface area (TPSA) is 119 Å². The van der Waals surface area contributed by atoms with Crippen LogP contribution in [0.2, 0.25) is 0 Å². The van der Waals surface area contributed by atoms with E-state index >= 15 is 0 Å². The number of fused-ring (bicyclic) bond motifs is 2. The van der Waals surface area contributed by atoms with E-state index in [0.717, 1.165) is 42.4 Å². The quantitative estimate of drug-likeness (QED) is 0.231. The maximum atomic E-state index is 13.8. The highest BCUT2D eigenvalue weighted by atomic mass is 19.1. The zero-order valence-corrected chi connectivity index (χ0v) is 22.7. The van der Waals surface area contributed by atoms with Gasteiger partial charge < -0.3 is 25.8 Å². The number of H-pyrrole nitrogens is 1. The minimum absolute atomic E-state index is 0.0550. The molecule has 4 heterocycles. The van der Waals surface area contributed by atoms with Crippen LogP contribution in [0.15, 0.2) is 36.7 Å². The van der Waals surface area contributed by atoms with Gasteiger partial charge in [0, 0.05) is 61.2 Å². The third kappa shape index (κ3) is 5.75. The fraction of sp³-hybridized carbons (Fsp3) is 0.333. The number of hydrogen-bond donors (Lipinski definition) is 4. The predicted molar refractivity (Wildman–Crippen MR) is 151 cm³/mol. The van der Waals surface area contributed by atoms with E-state index in [2.05, 4.69) is 25.9 Å². The Balaban J connectivity index is 1.04. The lowest BCUT2D eigenvalue weighted by Crippen LogP contribution is -2.36. The lowest BCUT2D eigenvalue weighted by atomic mass is 10.0. The summed E-state index contributed by atoms with van der Waals surface area (Å²) in [6.07, 6.45) is 8.81. The first-order chi connectivity index (χ1) is 19.3. The molecule has 0 spiro atoms. The zero-order chi connectivity index (χ0) is 28.2. The van der Waals surface area contributed by atoms with Gasteiger partial charge in [0.2, 0.25) is 0 Å². The van der Waals surface area contributed by atoms with Crippen molar-refractivity contribution in [1.29, 1.82) is 0 Å². The summed E-state index contributed by atoms with van der Waals surface area (Å²) in [5, 5.41) is 8.71. The van der Waals surface area contributed by atoms with Crippen molar-refractivity contribution in [2.24, 2.45) is 0 Å². The molecule has 2 aromatic heterocycles. The Bertz CT molecular complexity index is 1470. The molecule has 0 atom stereocenters. The Morgan fingerprint density at radius 2 is 1.80 bits per heavy atom. The molecule has 4 N–H and O–H groups in total. The van der Waals surface area contributed by atoms with Crippen molar-refractivity contribution in [2.45, 2.75) is 52.6 Å². The number of halogens is 1. The van der Waals surface area contributed by atoms with Crippen LogP contribution in [0.3, 0.4) is 0 Å². The first-order valence-corrected chi connectivity index (χ1v) is 13.6. The maximum absolute atomic E-state index is 13.8. The molecule has 0 unspecified atom stereocenters. The molecular weight excluding hydrogens is 511 g/mol. The van der Waals surface area contributed by atoms with Gasteiger partial charge in [-0.1, -0.05) is 12.8 Å². The van der Waals surface area contributed by atoms with Crippen molar-refractivity contribution in [2.75, 3.05) is 18.4 Å². The average Bonchev–Trinajstić information content (AvgIpc) is 3.58. The Morgan fingerprint density at radius 1 is 1.05 bits per heavy atom. The molecule has 1 aromatic carbocycles. The summed E-state index contributed by atoms with van der Waals surface area (Å²) in [5.74, 6) is -0.902. The van der Waals surface area contributed by atoms with Gasteiger partial charge >= 0.3 is 6.03 Å². The first kappa shape index (κ1) is 27.1. The summed E-state index contributed by atoms with van der Waals surface area (Å²) in [4.78, 5) is 46.9. The molecule has 5 rings (SSSR count). The molecule has 4 amide bonds. The van der Waals surface area contributed by atoms with Crippen molar-refractivity contribution in [3.8, 4) is 0 Å². The van der Waals surface area contributed by atoms with Crippen LogP contribution in [0.5, 0.6) is 0 Å². The molecule has 0 radical (unpaired) electrons. The summed E-state index contributed by atoms with van der Waals surface area (Å²) in [6.45, 7) is 6.02. The number of carbonyl (C=O) groups is 3. The number of nitrogens with zero attached hydrogens (tertiary/aromatic N) is 2. The third-order valence-corrected chi connectivity index (χ3v) is 7.44. The van der Waals surface area contributed by atoms with E-state index in [9.17, 15) is 18.8 Å². The maximum Gasteiger partial charge on any atom is 0.318 e. The summed E-state index contributed by atoms with van der Waals surface area (Å²) in [5.41, 5.74) is 6.28. The Kier molecular flexibility index (Phi) is 7.95. The number of pyridine rings is 1. The second-order valence-corrected chi connectivity index (χ2v) is 10.3. The number of amides is 4. The van der Waals surface area contributed by atoms with Crippen LogP contribution in [-0.2, 0) is 17.9 Å². The SMILES string of the molecule is Cc1[nH]c(C=C2C(=O)Nc3ccc(F)cc32)c(C)c1C(=O)NCCCCCCNC(=O)N1Cc2ccncc2C1. The van der Waals surface area contributed by atoms with Gasteiger partial charge in [-0.2, -0.15) is 0 Å². The lowest BCUT2D eigenvalue weighted by Gasteiger charge is -2.16. The van der Waals surface area contributed by atoms with Gasteiger partial charge in [0.1, 0.15) is 5.82 Å². The number of anilines is 1. The summed E-state index contributed by atoms with van der Waals surface area (Å²) < 4.78 is 13.8. The molecule has 10 heteroatoms. The van der Waals surface area contributed by atoms with Gasteiger partial charge in [0.15, 0.2) is 0 Å². The Labute approximate surface area is 232 Å². The van der Waals surface area contributed by atoms with Crippen molar-refractivity contribution in [3.05, 3.63) is 81.7 Å². The smallest absolute Gasteiger partial charge is 0.318 e. The number of benzene rings is 1. The number of aromatic nitrogens is 2. The number of hydrogen-bond acceptors (Lipinski definition) is 4. The molecule has 0 saturated heterocycles. The lowest BCUT2D eigenvalue weighted by molar-refractivity contribution is -0.110. The summed E-state index contributed by atoms with van der Waals surface area (Å²) in [6, 6.07) is 6.07. The fourth-order valence-corrected chi connectivity index (χ4v) is 5.27. The number of rotatable bonds is 9. The molecule has 208 valence electrons. The average molecular weight is 545 g/mol. The van der Waals surface area contributed by atoms with Crippen LogP contribution in [0.4, 0.5) is 14.9 Å². The van der Waals surface area contributed by atoms with Crippen molar-refractivity contribution in [1.82, 2.24) is 25.5 Å². The third-order valence-electron chi connectivity index (χ3n) is 7.44. The zero-order valence-electron chi connectivity index (χ0n) is 22.7. The second kappa shape index (κ2) is 11.7. The van der Waals surface area contributed by atoms with E-state index < -0.39 is 5.82 Å². The fourth-order valence-electron chi connectivity index (χ4n) is 5.27. The van der Waals surface area contributed by atoms with E-state index in [-0.39, 0.29) is 17.8 Å². The van der Waals surface area contributed by atoms with Crippen molar-refractivity contribution < 1.29 is 18.8 Å². The number of nitrogens with one attached hydrogen (secondary N) is 4. The van der Waals surface area contributed by atoms with Gasteiger partial charge in [0.05, 0.1) is 11.1 Å². The number of aromatic amines is 1. The molecule has 9 nitrogen and oxygen atoms in total. The molecule has 2 aliphatic heterocycles. The number of urea groups is 1. The van der Waals surface area contributed by atoms with Crippen LogP contribution in [0, 0.1) is 19.7 Å². The monoisotopic (exact) mass is 544 g/mol. The predicted octanol–water partition coefficient (Wildman–Crippen LogP) is 4.67. The molecule has 2 aliphatic rings. The van der Waals surface area contributed by atoms with Gasteiger partial charge in [-0.25, -0.2) is 9.18 Å². The van der Waals surface area contributed by atoms with E-state index in [1.165, 1.54) is 18.2 Å². The van der Waals surface area contributed by atoms with Crippen molar-refractivity contribution >= 4 is 35.2 Å². The summed E-state index contributed by atoms with van der Waals surface area (Å²) >= 11 is 0. The number of aryl methyl sites for hydroxylation is 1. The standard InChI is InChI=1S/C30H33FN6O3/c1-18-26(14-24-23-13-22(31)7-8-25(23)36-28(24)38)35-19(2)27(18)29(39)33-10-5-3-4-6-11-34-30(40)37-16-20-9-12-32-15-21(20)17-37/h7-9,12-15,35H,3-6,10-11,16-17H2,1-2H3,(H,33,39)(H,34,40)(H,36,38). The minimum atomic E-state index is -0.420. The molecule has 40 heavy (non-hydrogen) atoms. The largest absolute Gasteiger partial charge is 0.358 e.